The van der Waals surface area contributed by atoms with Crippen LogP contribution in [0.15, 0.2) is 54.3 Å². The predicted molar refractivity (Wildman–Crippen MR) is 93.3 cm³/mol. The Kier molecular flexibility index (Phi) is 4.65. The molecule has 25 heavy (non-hydrogen) atoms. The molecule has 2 aliphatic rings. The number of allylic oxidation sites excluding steroid dienone is 1. The molecule has 1 unspecified atom stereocenters. The fraction of sp³-hybridized carbons (Fsp3) is 0.235. The topological polar surface area (TPSA) is 113 Å². The summed E-state index contributed by atoms with van der Waals surface area (Å²) < 4.78 is 0. The van der Waals surface area contributed by atoms with Gasteiger partial charge in [0.1, 0.15) is 23.2 Å². The Morgan fingerprint density at radius 1 is 1.40 bits per heavy atom. The second kappa shape index (κ2) is 6.73. The van der Waals surface area contributed by atoms with Crippen LogP contribution >= 0.6 is 11.8 Å². The van der Waals surface area contributed by atoms with Crippen molar-refractivity contribution in [2.75, 3.05) is 5.75 Å². The third kappa shape index (κ3) is 2.94. The maximum atomic E-state index is 12.4. The number of carbonyl (C=O) groups is 3. The minimum absolute atomic E-state index is 0.0680. The molecule has 1 aromatic rings. The zero-order chi connectivity index (χ0) is 18.1. The van der Waals surface area contributed by atoms with Gasteiger partial charge in [-0.3, -0.25) is 14.5 Å². The van der Waals surface area contributed by atoms with E-state index in [1.165, 1.54) is 22.7 Å². The van der Waals surface area contributed by atoms with Crippen molar-refractivity contribution in [1.82, 2.24) is 10.2 Å². The predicted octanol–water partition coefficient (Wildman–Crippen LogP) is 0.611. The summed E-state index contributed by atoms with van der Waals surface area (Å²) in [6.45, 7) is 3.59. The highest BCUT2D eigenvalue weighted by atomic mass is 32.2. The minimum Gasteiger partial charge on any atom is -0.477 e. The van der Waals surface area contributed by atoms with Crippen molar-refractivity contribution in [2.24, 2.45) is 5.73 Å². The standard InChI is InChI=1S/C17H17N3O4S/c1-2-9-8-25-16-12(15(22)20(16)13(9)17(23)24)19-14(21)11(18)10-6-4-3-5-7-10/h2-7,11-12,16H,1,8,18H2,(H,19,21)(H,23,24)/t11?,12-,16-/m1/s1. The van der Waals surface area contributed by atoms with Crippen LogP contribution in [0.4, 0.5) is 0 Å². The molecule has 130 valence electrons. The number of carbonyl (C=O) groups excluding carboxylic acids is 2. The van der Waals surface area contributed by atoms with Gasteiger partial charge in [-0.25, -0.2) is 4.79 Å². The van der Waals surface area contributed by atoms with E-state index in [1.807, 2.05) is 6.07 Å². The van der Waals surface area contributed by atoms with Crippen LogP contribution in [-0.4, -0.2) is 45.0 Å². The van der Waals surface area contributed by atoms with Gasteiger partial charge in [0.2, 0.25) is 5.91 Å². The van der Waals surface area contributed by atoms with E-state index in [2.05, 4.69) is 11.9 Å². The lowest BCUT2D eigenvalue weighted by molar-refractivity contribution is -0.150. The summed E-state index contributed by atoms with van der Waals surface area (Å²) >= 11 is 1.39. The van der Waals surface area contributed by atoms with Crippen molar-refractivity contribution in [3.63, 3.8) is 0 Å². The molecule has 0 radical (unpaired) electrons. The number of thioether (sulfide) groups is 1. The smallest absolute Gasteiger partial charge is 0.352 e. The van der Waals surface area contributed by atoms with E-state index in [1.54, 1.807) is 24.3 Å². The van der Waals surface area contributed by atoms with E-state index in [9.17, 15) is 19.5 Å². The Bertz CT molecular complexity index is 777. The van der Waals surface area contributed by atoms with Gasteiger partial charge in [0.05, 0.1) is 0 Å². The molecular formula is C17H17N3O4S. The van der Waals surface area contributed by atoms with E-state index < -0.39 is 35.2 Å². The summed E-state index contributed by atoms with van der Waals surface area (Å²) in [5, 5.41) is 11.6. The Morgan fingerprint density at radius 2 is 2.08 bits per heavy atom. The molecule has 2 aliphatic heterocycles. The Labute approximate surface area is 148 Å². The molecule has 4 N–H and O–H groups in total. The number of rotatable bonds is 5. The quantitative estimate of drug-likeness (QED) is 0.664. The van der Waals surface area contributed by atoms with Gasteiger partial charge in [-0.05, 0) is 11.1 Å². The van der Waals surface area contributed by atoms with Gasteiger partial charge in [0.15, 0.2) is 0 Å². The molecule has 7 nitrogen and oxygen atoms in total. The van der Waals surface area contributed by atoms with Crippen LogP contribution in [0.1, 0.15) is 11.6 Å². The molecule has 1 fully saturated rings. The molecule has 0 spiro atoms. The van der Waals surface area contributed by atoms with Crippen LogP contribution in [0.5, 0.6) is 0 Å². The highest BCUT2D eigenvalue weighted by molar-refractivity contribution is 8.00. The molecule has 2 amide bonds. The van der Waals surface area contributed by atoms with E-state index in [0.29, 0.717) is 16.9 Å². The first kappa shape index (κ1) is 17.2. The van der Waals surface area contributed by atoms with Gasteiger partial charge in [-0.1, -0.05) is 43.0 Å². The van der Waals surface area contributed by atoms with Crippen molar-refractivity contribution >= 4 is 29.5 Å². The molecule has 0 aromatic heterocycles. The average Bonchev–Trinajstić information content (AvgIpc) is 2.64. The second-order valence-electron chi connectivity index (χ2n) is 5.67. The number of carboxylic acid groups (broad SMARTS) is 1. The van der Waals surface area contributed by atoms with Crippen LogP contribution < -0.4 is 11.1 Å². The summed E-state index contributed by atoms with van der Waals surface area (Å²) in [6, 6.07) is 7.15. The molecule has 2 heterocycles. The van der Waals surface area contributed by atoms with Crippen molar-refractivity contribution in [3.8, 4) is 0 Å². The zero-order valence-electron chi connectivity index (χ0n) is 13.2. The number of nitrogens with two attached hydrogens (primary N) is 1. The highest BCUT2D eigenvalue weighted by Gasteiger charge is 2.54. The molecule has 3 rings (SSSR count). The fourth-order valence-corrected chi connectivity index (χ4v) is 4.19. The van der Waals surface area contributed by atoms with Gasteiger partial charge < -0.3 is 16.2 Å². The van der Waals surface area contributed by atoms with Crippen molar-refractivity contribution in [2.45, 2.75) is 17.5 Å². The number of nitrogens with zero attached hydrogens (tertiary/aromatic N) is 1. The zero-order valence-corrected chi connectivity index (χ0v) is 14.0. The van der Waals surface area contributed by atoms with Crippen LogP contribution in [0, 0.1) is 0 Å². The number of β-lactam (4-membered cyclic amide) rings is 1. The average molecular weight is 359 g/mol. The number of hydrogen-bond donors (Lipinski definition) is 3. The maximum Gasteiger partial charge on any atom is 0.352 e. The normalized spacial score (nSPS) is 23.4. The lowest BCUT2D eigenvalue weighted by Gasteiger charge is -2.49. The molecule has 3 atom stereocenters. The summed E-state index contributed by atoms with van der Waals surface area (Å²) in [5.41, 5.74) is 7.00. The van der Waals surface area contributed by atoms with Gasteiger partial charge in [-0.15, -0.1) is 11.8 Å². The summed E-state index contributed by atoms with van der Waals surface area (Å²) in [7, 11) is 0. The van der Waals surface area contributed by atoms with E-state index in [4.69, 9.17) is 5.73 Å². The first-order valence-corrected chi connectivity index (χ1v) is 8.65. The number of benzene rings is 1. The Morgan fingerprint density at radius 3 is 2.68 bits per heavy atom. The van der Waals surface area contributed by atoms with E-state index >= 15 is 0 Å². The number of aliphatic carboxylic acids is 1. The molecule has 1 aromatic carbocycles. The Balaban J connectivity index is 1.74. The lowest BCUT2D eigenvalue weighted by Crippen LogP contribution is -2.71. The summed E-state index contributed by atoms with van der Waals surface area (Å²) in [6.07, 6.45) is 1.44. The largest absolute Gasteiger partial charge is 0.477 e. The minimum atomic E-state index is -1.18. The van der Waals surface area contributed by atoms with Crippen molar-refractivity contribution in [3.05, 3.63) is 59.8 Å². The number of hydrogen-bond acceptors (Lipinski definition) is 5. The number of nitrogens with one attached hydrogen (secondary N) is 1. The van der Waals surface area contributed by atoms with Crippen molar-refractivity contribution in [1.29, 1.82) is 0 Å². The van der Waals surface area contributed by atoms with Crippen molar-refractivity contribution < 1.29 is 19.5 Å². The molecule has 0 saturated carbocycles. The molecule has 1 saturated heterocycles. The van der Waals surface area contributed by atoms with Gasteiger partial charge in [0.25, 0.3) is 5.91 Å². The van der Waals surface area contributed by atoms with Crippen LogP contribution in [-0.2, 0) is 14.4 Å². The number of carboxylic acids is 1. The SMILES string of the molecule is C=CC1=C(C(=O)O)N2C(=O)[C@@H](NC(=O)C(N)c3ccccc3)[C@H]2SC1. The third-order valence-corrected chi connectivity index (χ3v) is 5.49. The Hall–Kier alpha value is -2.58. The summed E-state index contributed by atoms with van der Waals surface area (Å²) in [5.74, 6) is -1.70. The maximum absolute atomic E-state index is 12.4. The lowest BCUT2D eigenvalue weighted by atomic mass is 10.0. The highest BCUT2D eigenvalue weighted by Crippen LogP contribution is 2.40. The molecule has 0 bridgehead atoms. The fourth-order valence-electron chi connectivity index (χ4n) is 2.85. The van der Waals surface area contributed by atoms with Crippen LogP contribution in [0.2, 0.25) is 0 Å². The number of fused-ring (bicyclic) bond motifs is 1. The van der Waals surface area contributed by atoms with E-state index in [0.717, 1.165) is 0 Å². The van der Waals surface area contributed by atoms with E-state index in [-0.39, 0.29) is 5.70 Å². The van der Waals surface area contributed by atoms with Crippen LogP contribution in [0.25, 0.3) is 0 Å². The van der Waals surface area contributed by atoms with Gasteiger partial charge in [-0.2, -0.15) is 0 Å². The van der Waals surface area contributed by atoms with Gasteiger partial charge in [0, 0.05) is 5.75 Å². The first-order valence-electron chi connectivity index (χ1n) is 7.60. The first-order chi connectivity index (χ1) is 12.0. The molecular weight excluding hydrogens is 342 g/mol. The number of amides is 2. The third-order valence-electron chi connectivity index (χ3n) is 4.19. The molecule has 8 heteroatoms. The van der Waals surface area contributed by atoms with Gasteiger partial charge >= 0.3 is 5.97 Å². The molecule has 0 aliphatic carbocycles. The summed E-state index contributed by atoms with van der Waals surface area (Å²) in [4.78, 5) is 37.4. The van der Waals surface area contributed by atoms with Crippen LogP contribution in [0.3, 0.4) is 0 Å². The monoisotopic (exact) mass is 359 g/mol. The second-order valence-corrected chi connectivity index (χ2v) is 6.77.